The van der Waals surface area contributed by atoms with Crippen LogP contribution in [0.2, 0.25) is 0 Å². The minimum Gasteiger partial charge on any atom is -0.475 e. The maximum absolute atomic E-state index is 13.1. The quantitative estimate of drug-likeness (QED) is 0.398. The molecule has 27 heavy (non-hydrogen) atoms. The van der Waals surface area contributed by atoms with Gasteiger partial charge in [0.2, 0.25) is 5.76 Å². The molecule has 6 nitrogen and oxygen atoms in total. The first kappa shape index (κ1) is 17.6. The Morgan fingerprint density at radius 3 is 2.81 bits per heavy atom. The van der Waals surface area contributed by atoms with Crippen molar-refractivity contribution in [1.82, 2.24) is 9.55 Å². The van der Waals surface area contributed by atoms with Crippen LogP contribution in [0.25, 0.3) is 15.9 Å². The summed E-state index contributed by atoms with van der Waals surface area (Å²) >= 11 is 2.75. The van der Waals surface area contributed by atoms with Gasteiger partial charge in [0, 0.05) is 0 Å². The zero-order valence-corrected chi connectivity index (χ0v) is 15.8. The monoisotopic (exact) mass is 398 g/mol. The summed E-state index contributed by atoms with van der Waals surface area (Å²) in [4.78, 5) is 29.4. The van der Waals surface area contributed by atoms with Gasteiger partial charge in [0.05, 0.1) is 16.8 Å². The molecule has 1 N–H and O–H groups in total. The number of hydrogen-bond acceptors (Lipinski definition) is 6. The molecule has 0 saturated carbocycles. The molecule has 0 radical (unpaired) electrons. The Balaban J connectivity index is 1.79. The second-order valence-corrected chi connectivity index (χ2v) is 7.66. The summed E-state index contributed by atoms with van der Waals surface area (Å²) in [6, 6.07) is 12.5. The Labute approximate surface area is 162 Å². The molecule has 0 unspecified atom stereocenters. The molecule has 0 aliphatic carbocycles. The van der Waals surface area contributed by atoms with Crippen molar-refractivity contribution in [1.29, 1.82) is 0 Å². The Morgan fingerprint density at radius 2 is 2.07 bits per heavy atom. The van der Waals surface area contributed by atoms with E-state index in [1.54, 1.807) is 16.7 Å². The number of nitrogens with zero attached hydrogens (tertiary/aromatic N) is 2. The van der Waals surface area contributed by atoms with E-state index in [1.807, 2.05) is 36.6 Å². The van der Waals surface area contributed by atoms with Gasteiger partial charge in [0.15, 0.2) is 5.16 Å². The smallest absolute Gasteiger partial charge is 0.371 e. The second kappa shape index (κ2) is 7.05. The van der Waals surface area contributed by atoms with Gasteiger partial charge in [0.25, 0.3) is 5.56 Å². The van der Waals surface area contributed by atoms with Gasteiger partial charge >= 0.3 is 5.97 Å². The fourth-order valence-corrected chi connectivity index (χ4v) is 4.43. The molecule has 3 aromatic heterocycles. The fraction of sp³-hybridized carbons (Fsp3) is 0.105. The highest BCUT2D eigenvalue weighted by atomic mass is 32.2. The Kier molecular flexibility index (Phi) is 4.59. The zero-order chi connectivity index (χ0) is 19.0. The summed E-state index contributed by atoms with van der Waals surface area (Å²) < 4.78 is 6.91. The Hall–Kier alpha value is -2.84. The largest absolute Gasteiger partial charge is 0.475 e. The lowest BCUT2D eigenvalue weighted by molar-refractivity contribution is 0.0661. The lowest BCUT2D eigenvalue weighted by Crippen LogP contribution is -2.21. The topological polar surface area (TPSA) is 85.3 Å². The van der Waals surface area contributed by atoms with Crippen molar-refractivity contribution in [3.63, 3.8) is 0 Å². The van der Waals surface area contributed by atoms with Crippen molar-refractivity contribution in [2.24, 2.45) is 0 Å². The van der Waals surface area contributed by atoms with Gasteiger partial charge in [-0.05, 0) is 42.1 Å². The lowest BCUT2D eigenvalue weighted by atomic mass is 10.2. The number of carboxylic acid groups (broad SMARTS) is 1. The summed E-state index contributed by atoms with van der Waals surface area (Å²) in [7, 11) is 0. The molecule has 136 valence electrons. The molecule has 1 aromatic carbocycles. The van der Waals surface area contributed by atoms with E-state index in [1.165, 1.54) is 29.2 Å². The van der Waals surface area contributed by atoms with Crippen LogP contribution in [0.1, 0.15) is 21.9 Å². The van der Waals surface area contributed by atoms with E-state index in [-0.39, 0.29) is 11.3 Å². The predicted molar refractivity (Wildman–Crippen MR) is 105 cm³/mol. The summed E-state index contributed by atoms with van der Waals surface area (Å²) in [5.74, 6) is -0.346. The van der Waals surface area contributed by atoms with Gasteiger partial charge in [-0.1, -0.05) is 30.0 Å². The normalized spacial score (nSPS) is 11.1. The third-order valence-electron chi connectivity index (χ3n) is 4.04. The molecule has 0 atom stereocenters. The summed E-state index contributed by atoms with van der Waals surface area (Å²) in [5.41, 5.74) is 1.61. The first-order chi connectivity index (χ1) is 13.0. The molecule has 0 aliphatic rings. The van der Waals surface area contributed by atoms with Crippen LogP contribution in [-0.2, 0) is 5.75 Å². The van der Waals surface area contributed by atoms with Crippen LogP contribution in [0, 0.1) is 6.92 Å². The number of furan rings is 1. The van der Waals surface area contributed by atoms with Crippen LogP contribution in [0.15, 0.2) is 62.2 Å². The number of hydrogen-bond donors (Lipinski definition) is 1. The predicted octanol–water partition coefficient (Wildman–Crippen LogP) is 4.34. The third-order valence-corrected chi connectivity index (χ3v) is 5.81. The Morgan fingerprint density at radius 1 is 1.26 bits per heavy atom. The average molecular weight is 398 g/mol. The third kappa shape index (κ3) is 3.29. The van der Waals surface area contributed by atoms with E-state index in [0.717, 1.165) is 11.3 Å². The van der Waals surface area contributed by atoms with Crippen molar-refractivity contribution in [2.75, 3.05) is 0 Å². The van der Waals surface area contributed by atoms with Crippen molar-refractivity contribution in [3.8, 4) is 5.69 Å². The molecule has 0 saturated heterocycles. The lowest BCUT2D eigenvalue weighted by Gasteiger charge is -2.13. The van der Waals surface area contributed by atoms with Gasteiger partial charge in [-0.2, -0.15) is 0 Å². The van der Waals surface area contributed by atoms with E-state index in [4.69, 9.17) is 9.52 Å². The number of aromatic carboxylic acids is 1. The first-order valence-corrected chi connectivity index (χ1v) is 9.92. The molecule has 0 fully saturated rings. The van der Waals surface area contributed by atoms with Crippen molar-refractivity contribution in [2.45, 2.75) is 17.8 Å². The number of benzene rings is 1. The molecule has 3 heterocycles. The van der Waals surface area contributed by atoms with Crippen LogP contribution in [0.3, 0.4) is 0 Å². The SMILES string of the molecule is Cc1ccccc1-n1c(SCc2ccc(C(=O)O)o2)nc2sccc2c1=O. The van der Waals surface area contributed by atoms with Crippen molar-refractivity contribution >= 4 is 39.3 Å². The number of carboxylic acids is 1. The van der Waals surface area contributed by atoms with Gasteiger partial charge in [-0.15, -0.1) is 11.3 Å². The van der Waals surface area contributed by atoms with E-state index in [2.05, 4.69) is 4.98 Å². The van der Waals surface area contributed by atoms with Gasteiger partial charge in [-0.25, -0.2) is 9.78 Å². The van der Waals surface area contributed by atoms with Gasteiger partial charge in [0.1, 0.15) is 10.6 Å². The van der Waals surface area contributed by atoms with E-state index in [0.29, 0.717) is 26.9 Å². The highest BCUT2D eigenvalue weighted by Gasteiger charge is 2.17. The number of thioether (sulfide) groups is 1. The Bertz CT molecular complexity index is 1210. The molecular formula is C19H14N2O4S2. The average Bonchev–Trinajstić information content (AvgIpc) is 3.30. The van der Waals surface area contributed by atoms with Crippen LogP contribution < -0.4 is 5.56 Å². The number of thiophene rings is 1. The maximum atomic E-state index is 13.1. The number of carbonyl (C=O) groups is 1. The summed E-state index contributed by atoms with van der Waals surface area (Å²) in [6.45, 7) is 1.94. The standard InChI is InChI=1S/C19H14N2O4S2/c1-11-4-2-3-5-14(11)21-17(22)13-8-9-26-16(13)20-19(21)27-10-12-6-7-15(25-12)18(23)24/h2-9H,10H2,1H3,(H,23,24). The fourth-order valence-electron chi connectivity index (χ4n) is 2.72. The molecule has 8 heteroatoms. The van der Waals surface area contributed by atoms with E-state index < -0.39 is 5.97 Å². The summed E-state index contributed by atoms with van der Waals surface area (Å²) in [5, 5.41) is 12.0. The molecule has 0 amide bonds. The number of fused-ring (bicyclic) bond motifs is 1. The second-order valence-electron chi connectivity index (χ2n) is 5.82. The molecule has 4 rings (SSSR count). The molecule has 0 aliphatic heterocycles. The number of rotatable bonds is 5. The van der Waals surface area contributed by atoms with E-state index >= 15 is 0 Å². The van der Waals surface area contributed by atoms with Crippen molar-refractivity contribution in [3.05, 3.63) is 75.3 Å². The summed E-state index contributed by atoms with van der Waals surface area (Å²) in [6.07, 6.45) is 0. The number of aromatic nitrogens is 2. The van der Waals surface area contributed by atoms with Crippen LogP contribution in [0.5, 0.6) is 0 Å². The minimum absolute atomic E-state index is 0.108. The highest BCUT2D eigenvalue weighted by molar-refractivity contribution is 7.98. The van der Waals surface area contributed by atoms with E-state index in [9.17, 15) is 9.59 Å². The number of para-hydroxylation sites is 1. The number of aryl methyl sites for hydroxylation is 1. The highest BCUT2D eigenvalue weighted by Crippen LogP contribution is 2.27. The molecular weight excluding hydrogens is 384 g/mol. The molecule has 0 bridgehead atoms. The van der Waals surface area contributed by atoms with Crippen molar-refractivity contribution < 1.29 is 14.3 Å². The van der Waals surface area contributed by atoms with Crippen LogP contribution in [-0.4, -0.2) is 20.6 Å². The molecule has 0 spiro atoms. The van der Waals surface area contributed by atoms with Gasteiger partial charge in [-0.3, -0.25) is 9.36 Å². The van der Waals surface area contributed by atoms with Crippen LogP contribution >= 0.6 is 23.1 Å². The molecule has 4 aromatic rings. The van der Waals surface area contributed by atoms with Crippen LogP contribution in [0.4, 0.5) is 0 Å². The first-order valence-electron chi connectivity index (χ1n) is 8.05. The minimum atomic E-state index is -1.11. The zero-order valence-electron chi connectivity index (χ0n) is 14.2. The maximum Gasteiger partial charge on any atom is 0.371 e. The van der Waals surface area contributed by atoms with Gasteiger partial charge < -0.3 is 9.52 Å².